The number of hydrogen-bond donors (Lipinski definition) is 0. The minimum absolute atomic E-state index is 0.0597. The van der Waals surface area contributed by atoms with Gasteiger partial charge in [-0.1, -0.05) is 15.9 Å². The van der Waals surface area contributed by atoms with Crippen LogP contribution in [0.1, 0.15) is 5.56 Å². The third-order valence-electron chi connectivity index (χ3n) is 2.97. The lowest BCUT2D eigenvalue weighted by Crippen LogP contribution is -2.38. The van der Waals surface area contributed by atoms with Crippen molar-refractivity contribution in [3.8, 4) is 5.75 Å². The first-order valence-electron chi connectivity index (χ1n) is 5.95. The number of anilines is 1. The highest BCUT2D eigenvalue weighted by Gasteiger charge is 2.25. The minimum atomic E-state index is -0.0597. The van der Waals surface area contributed by atoms with Crippen molar-refractivity contribution in [1.82, 2.24) is 4.98 Å². The molecule has 0 atom stereocenters. The van der Waals surface area contributed by atoms with Gasteiger partial charge in [-0.15, -0.1) is 0 Å². The third kappa shape index (κ3) is 2.71. The maximum atomic E-state index is 12.1. The summed E-state index contributed by atoms with van der Waals surface area (Å²) in [5.74, 6) is 0.659. The van der Waals surface area contributed by atoms with Crippen LogP contribution in [0.15, 0.2) is 45.6 Å². The zero-order valence-corrected chi connectivity index (χ0v) is 13.5. The summed E-state index contributed by atoms with van der Waals surface area (Å²) >= 11 is 6.81. The van der Waals surface area contributed by atoms with Gasteiger partial charge in [0.25, 0.3) is 5.91 Å². The Morgan fingerprint density at radius 3 is 2.85 bits per heavy atom. The van der Waals surface area contributed by atoms with Crippen molar-refractivity contribution < 1.29 is 9.53 Å². The van der Waals surface area contributed by atoms with E-state index in [-0.39, 0.29) is 12.5 Å². The highest BCUT2D eigenvalue weighted by atomic mass is 79.9. The van der Waals surface area contributed by atoms with E-state index in [9.17, 15) is 4.79 Å². The van der Waals surface area contributed by atoms with Crippen LogP contribution < -0.4 is 9.64 Å². The lowest BCUT2D eigenvalue weighted by molar-refractivity contribution is -0.121. The molecular weight excluding hydrogens is 388 g/mol. The van der Waals surface area contributed by atoms with Crippen molar-refractivity contribution >= 4 is 43.5 Å². The number of amides is 1. The zero-order valence-electron chi connectivity index (χ0n) is 10.3. The monoisotopic (exact) mass is 396 g/mol. The molecule has 1 amide bonds. The van der Waals surface area contributed by atoms with Gasteiger partial charge in [0.15, 0.2) is 6.61 Å². The van der Waals surface area contributed by atoms with Gasteiger partial charge in [-0.05, 0) is 45.8 Å². The molecule has 3 rings (SSSR count). The van der Waals surface area contributed by atoms with Crippen molar-refractivity contribution in [2.24, 2.45) is 0 Å². The average Bonchev–Trinajstić information content (AvgIpc) is 2.42. The Morgan fingerprint density at radius 1 is 1.20 bits per heavy atom. The first-order chi connectivity index (χ1) is 9.63. The zero-order chi connectivity index (χ0) is 14.1. The smallest absolute Gasteiger partial charge is 0.265 e. The quantitative estimate of drug-likeness (QED) is 0.778. The molecule has 0 aliphatic carbocycles. The summed E-state index contributed by atoms with van der Waals surface area (Å²) in [4.78, 5) is 17.9. The number of ether oxygens (including phenoxy) is 1. The SMILES string of the molecule is O=C1COc2ccc(Br)cc2N1Cc1cncc(Br)c1. The summed E-state index contributed by atoms with van der Waals surface area (Å²) in [6, 6.07) is 7.59. The molecule has 20 heavy (non-hydrogen) atoms. The van der Waals surface area contributed by atoms with Crippen LogP contribution in [0.3, 0.4) is 0 Å². The van der Waals surface area contributed by atoms with Gasteiger partial charge in [0.1, 0.15) is 5.75 Å². The molecule has 0 bridgehead atoms. The highest BCUT2D eigenvalue weighted by Crippen LogP contribution is 2.35. The molecule has 2 heterocycles. The van der Waals surface area contributed by atoms with Crippen LogP contribution in [0.5, 0.6) is 5.75 Å². The Morgan fingerprint density at radius 2 is 2.05 bits per heavy atom. The summed E-state index contributed by atoms with van der Waals surface area (Å²) in [6.07, 6.45) is 3.47. The molecule has 0 unspecified atom stereocenters. The summed E-state index contributed by atoms with van der Waals surface area (Å²) in [5.41, 5.74) is 1.73. The molecule has 2 aromatic rings. The van der Waals surface area contributed by atoms with Crippen molar-refractivity contribution in [3.63, 3.8) is 0 Å². The van der Waals surface area contributed by atoms with Gasteiger partial charge < -0.3 is 9.64 Å². The van der Waals surface area contributed by atoms with Crippen LogP contribution in [0.2, 0.25) is 0 Å². The number of hydrogen-bond acceptors (Lipinski definition) is 3. The summed E-state index contributed by atoms with van der Waals surface area (Å²) in [6.45, 7) is 0.536. The largest absolute Gasteiger partial charge is 0.482 e. The van der Waals surface area contributed by atoms with E-state index in [2.05, 4.69) is 36.8 Å². The lowest BCUT2D eigenvalue weighted by Gasteiger charge is -2.29. The van der Waals surface area contributed by atoms with Crippen LogP contribution in [-0.4, -0.2) is 17.5 Å². The van der Waals surface area contributed by atoms with Gasteiger partial charge in [0.2, 0.25) is 0 Å². The molecule has 4 nitrogen and oxygen atoms in total. The van der Waals surface area contributed by atoms with Crippen LogP contribution in [0, 0.1) is 0 Å². The second-order valence-electron chi connectivity index (χ2n) is 4.39. The number of carbonyl (C=O) groups is 1. The van der Waals surface area contributed by atoms with Crippen LogP contribution >= 0.6 is 31.9 Å². The summed E-state index contributed by atoms with van der Waals surface area (Å²) in [5, 5.41) is 0. The van der Waals surface area contributed by atoms with Crippen molar-refractivity contribution in [1.29, 1.82) is 0 Å². The number of nitrogens with zero attached hydrogens (tertiary/aromatic N) is 2. The number of pyridine rings is 1. The lowest BCUT2D eigenvalue weighted by atomic mass is 10.2. The maximum absolute atomic E-state index is 12.1. The fourth-order valence-corrected chi connectivity index (χ4v) is 2.83. The summed E-state index contributed by atoms with van der Waals surface area (Å²) < 4.78 is 7.25. The number of rotatable bonds is 2. The fourth-order valence-electron chi connectivity index (χ4n) is 2.07. The Bertz CT molecular complexity index is 676. The Hall–Kier alpha value is -1.40. The Kier molecular flexibility index (Phi) is 3.76. The normalized spacial score (nSPS) is 13.9. The van der Waals surface area contributed by atoms with Gasteiger partial charge in [0.05, 0.1) is 12.2 Å². The predicted molar refractivity (Wildman–Crippen MR) is 82.8 cm³/mol. The molecule has 102 valence electrons. The van der Waals surface area contributed by atoms with Crippen LogP contribution in [0.25, 0.3) is 0 Å². The van der Waals surface area contributed by atoms with E-state index in [0.29, 0.717) is 6.54 Å². The van der Waals surface area contributed by atoms with E-state index in [1.54, 1.807) is 17.3 Å². The fraction of sp³-hybridized carbons (Fsp3) is 0.143. The third-order valence-corrected chi connectivity index (χ3v) is 3.89. The summed E-state index contributed by atoms with van der Waals surface area (Å²) in [7, 11) is 0. The topological polar surface area (TPSA) is 42.4 Å². The Labute approximate surface area is 133 Å². The maximum Gasteiger partial charge on any atom is 0.265 e. The second-order valence-corrected chi connectivity index (χ2v) is 6.22. The van der Waals surface area contributed by atoms with E-state index in [1.807, 2.05) is 24.3 Å². The highest BCUT2D eigenvalue weighted by molar-refractivity contribution is 9.10. The first kappa shape index (κ1) is 13.6. The standard InChI is InChI=1S/C14H10Br2N2O2/c15-10-1-2-13-12(4-10)18(14(19)8-20-13)7-9-3-11(16)6-17-5-9/h1-6H,7-8H2. The van der Waals surface area contributed by atoms with Gasteiger partial charge in [-0.25, -0.2) is 0 Å². The van der Waals surface area contributed by atoms with E-state index in [0.717, 1.165) is 25.9 Å². The number of fused-ring (bicyclic) bond motifs is 1. The molecule has 0 saturated heterocycles. The minimum Gasteiger partial charge on any atom is -0.482 e. The first-order valence-corrected chi connectivity index (χ1v) is 7.54. The van der Waals surface area contributed by atoms with E-state index >= 15 is 0 Å². The molecule has 0 saturated carbocycles. The average molecular weight is 398 g/mol. The molecule has 1 aromatic heterocycles. The number of halogens is 2. The van der Waals surface area contributed by atoms with Gasteiger partial charge in [0, 0.05) is 21.3 Å². The van der Waals surface area contributed by atoms with E-state index in [1.165, 1.54) is 0 Å². The molecule has 1 aromatic carbocycles. The molecule has 6 heteroatoms. The van der Waals surface area contributed by atoms with Crippen LogP contribution in [-0.2, 0) is 11.3 Å². The number of carbonyl (C=O) groups excluding carboxylic acids is 1. The molecule has 0 fully saturated rings. The van der Waals surface area contributed by atoms with Crippen molar-refractivity contribution in [2.45, 2.75) is 6.54 Å². The number of benzene rings is 1. The number of aromatic nitrogens is 1. The van der Waals surface area contributed by atoms with Crippen molar-refractivity contribution in [2.75, 3.05) is 11.5 Å². The molecule has 0 N–H and O–H groups in total. The van der Waals surface area contributed by atoms with Gasteiger partial charge >= 0.3 is 0 Å². The molecule has 0 radical (unpaired) electrons. The van der Waals surface area contributed by atoms with Crippen molar-refractivity contribution in [3.05, 3.63) is 51.2 Å². The molecule has 1 aliphatic rings. The van der Waals surface area contributed by atoms with Crippen LogP contribution in [0.4, 0.5) is 5.69 Å². The molecule has 0 spiro atoms. The molecular formula is C14H10Br2N2O2. The Balaban J connectivity index is 1.97. The van der Waals surface area contributed by atoms with E-state index < -0.39 is 0 Å². The van der Waals surface area contributed by atoms with Gasteiger partial charge in [-0.3, -0.25) is 9.78 Å². The predicted octanol–water partition coefficient (Wildman–Crippen LogP) is 3.53. The van der Waals surface area contributed by atoms with Gasteiger partial charge in [-0.2, -0.15) is 0 Å². The van der Waals surface area contributed by atoms with E-state index in [4.69, 9.17) is 4.74 Å². The second kappa shape index (κ2) is 5.54. The molecule has 1 aliphatic heterocycles.